The maximum Gasteiger partial charge on any atom is 0.261 e. The zero-order chi connectivity index (χ0) is 18.5. The lowest BCUT2D eigenvalue weighted by Gasteiger charge is -2.15. The van der Waals surface area contributed by atoms with Crippen LogP contribution < -0.4 is 19.5 Å². The van der Waals surface area contributed by atoms with Crippen LogP contribution in [0.5, 0.6) is 17.2 Å². The second-order valence-corrected chi connectivity index (χ2v) is 7.22. The number of aromatic nitrogens is 1. The molecule has 2 aromatic rings. The van der Waals surface area contributed by atoms with E-state index in [1.54, 1.807) is 30.6 Å². The first-order chi connectivity index (χ1) is 12.7. The van der Waals surface area contributed by atoms with E-state index in [4.69, 9.17) is 14.2 Å². The minimum atomic E-state index is -0.274. The van der Waals surface area contributed by atoms with Gasteiger partial charge < -0.3 is 14.2 Å². The van der Waals surface area contributed by atoms with Crippen LogP contribution in [-0.2, 0) is 12.8 Å². The Hall–Kier alpha value is -2.28. The van der Waals surface area contributed by atoms with Crippen molar-refractivity contribution >= 4 is 22.4 Å². The van der Waals surface area contributed by atoms with Crippen molar-refractivity contribution in [1.29, 1.82) is 0 Å². The van der Waals surface area contributed by atoms with Crippen molar-refractivity contribution < 1.29 is 19.0 Å². The third kappa shape index (κ3) is 3.77. The molecule has 1 N–H and O–H groups in total. The average molecular weight is 376 g/mol. The normalized spacial score (nSPS) is 14.0. The molecule has 0 saturated heterocycles. The van der Waals surface area contributed by atoms with E-state index in [-0.39, 0.29) is 5.91 Å². The second kappa shape index (κ2) is 8.40. The third-order valence-corrected chi connectivity index (χ3v) is 5.59. The first-order valence-corrected chi connectivity index (χ1v) is 9.58. The average Bonchev–Trinajstić information content (AvgIpc) is 3.00. The van der Waals surface area contributed by atoms with Crippen LogP contribution in [0.3, 0.4) is 0 Å². The van der Waals surface area contributed by atoms with Gasteiger partial charge in [-0.05, 0) is 37.8 Å². The zero-order valence-corrected chi connectivity index (χ0v) is 16.2. The molecule has 0 saturated carbocycles. The number of thiazole rings is 1. The molecule has 1 aromatic heterocycles. The first kappa shape index (κ1) is 18.5. The molecule has 0 spiro atoms. The predicted octanol–water partition coefficient (Wildman–Crippen LogP) is 4.08. The minimum Gasteiger partial charge on any atom is -0.493 e. The van der Waals surface area contributed by atoms with E-state index < -0.39 is 0 Å². The van der Waals surface area contributed by atoms with Crippen LogP contribution in [0, 0.1) is 0 Å². The van der Waals surface area contributed by atoms with Gasteiger partial charge >= 0.3 is 0 Å². The molecule has 1 aliphatic carbocycles. The Kier molecular flexibility index (Phi) is 5.98. The summed E-state index contributed by atoms with van der Waals surface area (Å²) in [7, 11) is 4.56. The van der Waals surface area contributed by atoms with E-state index in [1.165, 1.54) is 38.4 Å². The molecule has 0 unspecified atom stereocenters. The van der Waals surface area contributed by atoms with Gasteiger partial charge in [0.2, 0.25) is 5.75 Å². The lowest BCUT2D eigenvalue weighted by molar-refractivity contribution is 0.102. The van der Waals surface area contributed by atoms with Gasteiger partial charge in [-0.15, -0.1) is 11.3 Å². The number of carbonyl (C=O) groups is 1. The number of fused-ring (bicyclic) bond motifs is 1. The van der Waals surface area contributed by atoms with Crippen molar-refractivity contribution in [2.75, 3.05) is 26.6 Å². The van der Waals surface area contributed by atoms with Gasteiger partial charge in [-0.2, -0.15) is 0 Å². The summed E-state index contributed by atoms with van der Waals surface area (Å²) in [5, 5.41) is 3.55. The lowest BCUT2D eigenvalue weighted by Crippen LogP contribution is -2.14. The molecule has 1 heterocycles. The van der Waals surface area contributed by atoms with Crippen molar-refractivity contribution in [3.05, 3.63) is 28.3 Å². The molecule has 0 bridgehead atoms. The number of amides is 1. The Balaban J connectivity index is 1.85. The SMILES string of the molecule is COc1ccc(C(=O)Nc2nc3c(s2)CCCCCC3)c(OC)c1OC. The van der Waals surface area contributed by atoms with Gasteiger partial charge in [0.25, 0.3) is 5.91 Å². The van der Waals surface area contributed by atoms with Gasteiger partial charge in [-0.25, -0.2) is 4.98 Å². The number of anilines is 1. The highest BCUT2D eigenvalue weighted by Crippen LogP contribution is 2.40. The van der Waals surface area contributed by atoms with Crippen LogP contribution in [0.15, 0.2) is 12.1 Å². The molecule has 140 valence electrons. The summed E-state index contributed by atoms with van der Waals surface area (Å²) >= 11 is 1.57. The topological polar surface area (TPSA) is 69.7 Å². The van der Waals surface area contributed by atoms with Crippen molar-refractivity contribution in [1.82, 2.24) is 4.98 Å². The minimum absolute atomic E-state index is 0.274. The van der Waals surface area contributed by atoms with E-state index in [0.717, 1.165) is 25.0 Å². The van der Waals surface area contributed by atoms with Crippen molar-refractivity contribution in [3.8, 4) is 17.2 Å². The number of nitrogens with one attached hydrogen (secondary N) is 1. The number of carbonyl (C=O) groups excluding carboxylic acids is 1. The second-order valence-electron chi connectivity index (χ2n) is 6.14. The van der Waals surface area contributed by atoms with Crippen LogP contribution in [0.25, 0.3) is 0 Å². The van der Waals surface area contributed by atoms with Gasteiger partial charge in [0, 0.05) is 4.88 Å². The highest BCUT2D eigenvalue weighted by Gasteiger charge is 2.22. The molecule has 0 radical (unpaired) electrons. The molecule has 1 aliphatic rings. The van der Waals surface area contributed by atoms with E-state index in [9.17, 15) is 4.79 Å². The fraction of sp³-hybridized carbons (Fsp3) is 0.474. The van der Waals surface area contributed by atoms with Crippen LogP contribution in [0.2, 0.25) is 0 Å². The molecule has 1 amide bonds. The van der Waals surface area contributed by atoms with Crippen molar-refractivity contribution in [3.63, 3.8) is 0 Å². The molecular weight excluding hydrogens is 352 g/mol. The highest BCUT2D eigenvalue weighted by molar-refractivity contribution is 7.15. The number of nitrogens with zero attached hydrogens (tertiary/aromatic N) is 1. The Morgan fingerprint density at radius 2 is 1.73 bits per heavy atom. The lowest BCUT2D eigenvalue weighted by atomic mass is 10.0. The molecule has 0 fully saturated rings. The van der Waals surface area contributed by atoms with Crippen molar-refractivity contribution in [2.24, 2.45) is 0 Å². The predicted molar refractivity (Wildman–Crippen MR) is 102 cm³/mol. The Labute approximate surface area is 157 Å². The number of methoxy groups -OCH3 is 3. The van der Waals surface area contributed by atoms with Gasteiger partial charge in [-0.3, -0.25) is 10.1 Å². The summed E-state index contributed by atoms with van der Waals surface area (Å²) in [6, 6.07) is 3.36. The summed E-state index contributed by atoms with van der Waals surface area (Å²) in [6.07, 6.45) is 6.90. The summed E-state index contributed by atoms with van der Waals surface area (Å²) in [5.41, 5.74) is 1.51. The van der Waals surface area contributed by atoms with Crippen LogP contribution >= 0.6 is 11.3 Å². The summed E-state index contributed by atoms with van der Waals surface area (Å²) in [4.78, 5) is 18.7. The fourth-order valence-electron chi connectivity index (χ4n) is 3.20. The Morgan fingerprint density at radius 3 is 2.42 bits per heavy atom. The number of rotatable bonds is 5. The molecule has 0 atom stereocenters. The summed E-state index contributed by atoms with van der Waals surface area (Å²) in [6.45, 7) is 0. The van der Waals surface area contributed by atoms with Crippen LogP contribution in [0.1, 0.15) is 46.6 Å². The van der Waals surface area contributed by atoms with Gasteiger partial charge in [0.05, 0.1) is 32.6 Å². The first-order valence-electron chi connectivity index (χ1n) is 8.76. The molecule has 6 nitrogen and oxygen atoms in total. The van der Waals surface area contributed by atoms with Gasteiger partial charge in [-0.1, -0.05) is 12.8 Å². The summed E-state index contributed by atoms with van der Waals surface area (Å²) in [5.74, 6) is 0.982. The number of hydrogen-bond acceptors (Lipinski definition) is 6. The van der Waals surface area contributed by atoms with Crippen LogP contribution in [-0.4, -0.2) is 32.2 Å². The maximum atomic E-state index is 12.8. The van der Waals surface area contributed by atoms with E-state index in [0.29, 0.717) is 27.9 Å². The molecule has 7 heteroatoms. The number of ether oxygens (including phenoxy) is 3. The standard InChI is InChI=1S/C19H24N2O4S/c1-23-14-11-10-12(16(24-2)17(14)25-3)18(22)21-19-20-13-8-6-4-5-7-9-15(13)26-19/h10-11H,4-9H2,1-3H3,(H,20,21,22). The zero-order valence-electron chi connectivity index (χ0n) is 15.4. The van der Waals surface area contributed by atoms with E-state index in [2.05, 4.69) is 10.3 Å². The maximum absolute atomic E-state index is 12.8. The molecule has 26 heavy (non-hydrogen) atoms. The van der Waals surface area contributed by atoms with Crippen molar-refractivity contribution in [2.45, 2.75) is 38.5 Å². The Morgan fingerprint density at radius 1 is 1.00 bits per heavy atom. The van der Waals surface area contributed by atoms with E-state index >= 15 is 0 Å². The van der Waals surface area contributed by atoms with E-state index in [1.807, 2.05) is 0 Å². The Bertz CT molecular complexity index is 763. The molecule has 1 aromatic carbocycles. The largest absolute Gasteiger partial charge is 0.493 e. The smallest absolute Gasteiger partial charge is 0.261 e. The highest BCUT2D eigenvalue weighted by atomic mass is 32.1. The summed E-state index contributed by atoms with van der Waals surface area (Å²) < 4.78 is 16.0. The molecule has 3 rings (SSSR count). The number of aryl methyl sites for hydroxylation is 2. The monoisotopic (exact) mass is 376 g/mol. The van der Waals surface area contributed by atoms with Crippen LogP contribution in [0.4, 0.5) is 5.13 Å². The third-order valence-electron chi connectivity index (χ3n) is 4.51. The number of hydrogen-bond donors (Lipinski definition) is 1. The quantitative estimate of drug-likeness (QED) is 0.851. The fourth-order valence-corrected chi connectivity index (χ4v) is 4.25. The number of benzene rings is 1. The molecular formula is C19H24N2O4S. The van der Waals surface area contributed by atoms with Gasteiger partial charge in [0.1, 0.15) is 0 Å². The van der Waals surface area contributed by atoms with Gasteiger partial charge in [0.15, 0.2) is 16.6 Å². The molecule has 0 aliphatic heterocycles.